The number of non-ortho nitro benzene ring substituents is 1. The van der Waals surface area contributed by atoms with Gasteiger partial charge in [-0.15, -0.1) is 0 Å². The molecule has 4 rings (SSSR count). The zero-order valence-electron chi connectivity index (χ0n) is 11.9. The summed E-state index contributed by atoms with van der Waals surface area (Å²) in [6.07, 6.45) is 3.14. The summed E-state index contributed by atoms with van der Waals surface area (Å²) in [5, 5.41) is 11.1. The van der Waals surface area contributed by atoms with E-state index in [0.29, 0.717) is 0 Å². The van der Waals surface area contributed by atoms with Crippen LogP contribution in [0, 0.1) is 22.0 Å². The highest BCUT2D eigenvalue weighted by atomic mass is 35.5. The first-order valence-corrected chi connectivity index (χ1v) is 7.40. The summed E-state index contributed by atoms with van der Waals surface area (Å²) in [6.45, 7) is 1.76. The molecular weight excluding hydrogens is 324 g/mol. The van der Waals surface area contributed by atoms with Crippen LogP contribution in [0.15, 0.2) is 30.4 Å². The van der Waals surface area contributed by atoms with Gasteiger partial charge in [0.05, 0.1) is 39.2 Å². The number of hydrogen-bond acceptors (Lipinski definition) is 5. The molecule has 4 atom stereocenters. The Bertz CT molecular complexity index is 807. The van der Waals surface area contributed by atoms with E-state index in [-0.39, 0.29) is 16.4 Å². The lowest BCUT2D eigenvalue weighted by atomic mass is 9.78. The summed E-state index contributed by atoms with van der Waals surface area (Å²) >= 11 is 6.08. The van der Waals surface area contributed by atoms with E-state index < -0.39 is 40.3 Å². The van der Waals surface area contributed by atoms with Gasteiger partial charge in [0.15, 0.2) is 0 Å². The zero-order chi connectivity index (χ0) is 16.5. The maximum Gasteiger partial charge on any atom is 0.271 e. The summed E-state index contributed by atoms with van der Waals surface area (Å²) < 4.78 is 5.72. The third-order valence-electron chi connectivity index (χ3n) is 4.71. The highest BCUT2D eigenvalue weighted by Gasteiger charge is 2.66. The van der Waals surface area contributed by atoms with Gasteiger partial charge in [-0.1, -0.05) is 23.8 Å². The first-order chi connectivity index (χ1) is 10.8. The Labute approximate surface area is 135 Å². The minimum absolute atomic E-state index is 0.0493. The van der Waals surface area contributed by atoms with Gasteiger partial charge < -0.3 is 4.74 Å². The maximum atomic E-state index is 12.8. The number of fused-ring (bicyclic) bond motifs is 5. The summed E-state index contributed by atoms with van der Waals surface area (Å²) in [4.78, 5) is 36.8. The van der Waals surface area contributed by atoms with Crippen LogP contribution in [0.5, 0.6) is 0 Å². The standard InChI is InChI=1S/C15H11ClN2O5/c1-15-5-4-10(23-15)11-12(15)14(20)17(13(11)19)9-6-7(18(21)22)2-3-8(9)16/h2-6,10-12H,1H3. The molecule has 7 nitrogen and oxygen atoms in total. The molecular formula is C15H11ClN2O5. The number of amides is 2. The molecule has 2 saturated heterocycles. The van der Waals surface area contributed by atoms with Gasteiger partial charge in [0, 0.05) is 12.1 Å². The molecule has 0 aliphatic carbocycles. The van der Waals surface area contributed by atoms with Crippen molar-refractivity contribution < 1.29 is 19.2 Å². The number of nitro groups is 1. The van der Waals surface area contributed by atoms with Crippen molar-refractivity contribution >= 4 is 34.8 Å². The molecule has 0 aromatic heterocycles. The van der Waals surface area contributed by atoms with Gasteiger partial charge in [0.1, 0.15) is 0 Å². The lowest BCUT2D eigenvalue weighted by molar-refractivity contribution is -0.384. The number of anilines is 1. The third kappa shape index (κ3) is 1.74. The molecule has 23 heavy (non-hydrogen) atoms. The molecule has 1 aromatic rings. The van der Waals surface area contributed by atoms with E-state index in [1.807, 2.05) is 0 Å². The number of nitro benzene ring substituents is 1. The fourth-order valence-electron chi connectivity index (χ4n) is 3.68. The predicted octanol–water partition coefficient (Wildman–Crippen LogP) is 2.08. The highest BCUT2D eigenvalue weighted by Crippen LogP contribution is 2.52. The largest absolute Gasteiger partial charge is 0.362 e. The van der Waals surface area contributed by atoms with Gasteiger partial charge >= 0.3 is 0 Å². The fourth-order valence-corrected chi connectivity index (χ4v) is 3.88. The predicted molar refractivity (Wildman–Crippen MR) is 80.0 cm³/mol. The smallest absolute Gasteiger partial charge is 0.271 e. The molecule has 3 aliphatic heterocycles. The van der Waals surface area contributed by atoms with Gasteiger partial charge in [-0.3, -0.25) is 19.7 Å². The van der Waals surface area contributed by atoms with Crippen LogP contribution in [0.25, 0.3) is 0 Å². The molecule has 2 fully saturated rings. The van der Waals surface area contributed by atoms with Crippen LogP contribution in [0.1, 0.15) is 6.92 Å². The zero-order valence-corrected chi connectivity index (χ0v) is 12.7. The first kappa shape index (κ1) is 14.3. The molecule has 4 unspecified atom stereocenters. The van der Waals surface area contributed by atoms with Gasteiger partial charge in [0.2, 0.25) is 11.8 Å². The van der Waals surface area contributed by atoms with Crippen molar-refractivity contribution in [2.75, 3.05) is 4.90 Å². The van der Waals surface area contributed by atoms with Crippen molar-refractivity contribution in [1.29, 1.82) is 0 Å². The number of imide groups is 1. The lowest BCUT2D eigenvalue weighted by Gasteiger charge is -2.24. The molecule has 3 heterocycles. The molecule has 0 saturated carbocycles. The van der Waals surface area contributed by atoms with Crippen molar-refractivity contribution in [3.05, 3.63) is 45.5 Å². The van der Waals surface area contributed by atoms with Crippen LogP contribution < -0.4 is 4.90 Å². The Morgan fingerprint density at radius 1 is 1.35 bits per heavy atom. The summed E-state index contributed by atoms with van der Waals surface area (Å²) in [5.74, 6) is -2.09. The molecule has 2 amide bonds. The quantitative estimate of drug-likeness (QED) is 0.357. The first-order valence-electron chi connectivity index (χ1n) is 7.02. The average Bonchev–Trinajstić information content (AvgIpc) is 3.09. The monoisotopic (exact) mass is 334 g/mol. The molecule has 3 aliphatic rings. The van der Waals surface area contributed by atoms with Crippen molar-refractivity contribution in [3.63, 3.8) is 0 Å². The van der Waals surface area contributed by atoms with E-state index in [1.165, 1.54) is 12.1 Å². The second kappa shape index (κ2) is 4.39. The van der Waals surface area contributed by atoms with E-state index in [1.54, 1.807) is 19.1 Å². The molecule has 0 radical (unpaired) electrons. The minimum atomic E-state index is -0.815. The van der Waals surface area contributed by atoms with Gasteiger partial charge in [0.25, 0.3) is 5.69 Å². The van der Waals surface area contributed by atoms with E-state index in [0.717, 1.165) is 11.0 Å². The Kier molecular flexibility index (Phi) is 2.74. The van der Waals surface area contributed by atoms with Crippen molar-refractivity contribution in [3.8, 4) is 0 Å². The molecule has 0 N–H and O–H groups in total. The number of ether oxygens (including phenoxy) is 1. The normalized spacial score (nSPS) is 34.3. The second-order valence-corrected chi connectivity index (χ2v) is 6.44. The number of halogens is 1. The molecule has 1 aromatic carbocycles. The molecule has 2 bridgehead atoms. The number of rotatable bonds is 2. The topological polar surface area (TPSA) is 89.8 Å². The van der Waals surface area contributed by atoms with E-state index in [2.05, 4.69) is 0 Å². The van der Waals surface area contributed by atoms with Crippen molar-refractivity contribution in [2.45, 2.75) is 18.6 Å². The molecule has 8 heteroatoms. The Hall–Kier alpha value is -2.25. The van der Waals surface area contributed by atoms with Crippen molar-refractivity contribution in [1.82, 2.24) is 0 Å². The molecule has 118 valence electrons. The van der Waals surface area contributed by atoms with E-state index >= 15 is 0 Å². The van der Waals surface area contributed by atoms with Gasteiger partial charge in [-0.25, -0.2) is 4.90 Å². The van der Waals surface area contributed by atoms with Crippen LogP contribution in [0.4, 0.5) is 11.4 Å². The van der Waals surface area contributed by atoms with E-state index in [9.17, 15) is 19.7 Å². The highest BCUT2D eigenvalue weighted by molar-refractivity contribution is 6.36. The number of carbonyl (C=O) groups excluding carboxylic acids is 2. The summed E-state index contributed by atoms with van der Waals surface area (Å²) in [7, 11) is 0. The second-order valence-electron chi connectivity index (χ2n) is 6.03. The van der Waals surface area contributed by atoms with Crippen LogP contribution in [-0.4, -0.2) is 28.4 Å². The van der Waals surface area contributed by atoms with Gasteiger partial charge in [-0.2, -0.15) is 0 Å². The average molecular weight is 335 g/mol. The van der Waals surface area contributed by atoms with Crippen LogP contribution >= 0.6 is 11.6 Å². The van der Waals surface area contributed by atoms with Gasteiger partial charge in [-0.05, 0) is 13.0 Å². The van der Waals surface area contributed by atoms with Crippen LogP contribution in [-0.2, 0) is 14.3 Å². The third-order valence-corrected chi connectivity index (χ3v) is 5.03. The fraction of sp³-hybridized carbons (Fsp3) is 0.333. The Morgan fingerprint density at radius 3 is 2.74 bits per heavy atom. The number of hydrogen-bond donors (Lipinski definition) is 0. The lowest BCUT2D eigenvalue weighted by Crippen LogP contribution is -2.38. The summed E-state index contributed by atoms with van der Waals surface area (Å²) in [6, 6.07) is 3.69. The van der Waals surface area contributed by atoms with Crippen molar-refractivity contribution in [2.24, 2.45) is 11.8 Å². The maximum absolute atomic E-state index is 12.8. The Balaban J connectivity index is 1.81. The van der Waals surface area contributed by atoms with E-state index in [4.69, 9.17) is 16.3 Å². The Morgan fingerprint density at radius 2 is 2.09 bits per heavy atom. The SMILES string of the molecule is CC12C=CC(O1)C1C(=O)N(c3cc([N+](=O)[O-])ccc3Cl)C(=O)C12. The van der Waals surface area contributed by atoms with Crippen LogP contribution in [0.3, 0.4) is 0 Å². The number of carbonyl (C=O) groups is 2. The van der Waals surface area contributed by atoms with Crippen LogP contribution in [0.2, 0.25) is 5.02 Å². The summed E-state index contributed by atoms with van der Waals surface area (Å²) in [5.41, 5.74) is -0.997. The number of benzene rings is 1. The number of nitrogens with zero attached hydrogens (tertiary/aromatic N) is 2. The minimum Gasteiger partial charge on any atom is -0.362 e. The molecule has 0 spiro atoms.